The Morgan fingerprint density at radius 3 is 1.82 bits per heavy atom. The molecule has 0 radical (unpaired) electrons. The first-order valence-electron chi connectivity index (χ1n) is 3.74. The molecule has 0 heterocycles. The molecule has 1 N–H and O–H groups in total. The summed E-state index contributed by atoms with van der Waals surface area (Å²) in [6.45, 7) is 10.7. The molecule has 0 aromatic heterocycles. The van der Waals surface area contributed by atoms with Crippen molar-refractivity contribution < 1.29 is 8.76 Å². The fraction of sp³-hybridized carbons (Fsp3) is 1.00. The summed E-state index contributed by atoms with van der Waals surface area (Å²) in [5.74, 6) is 0. The Morgan fingerprint density at radius 2 is 1.73 bits per heavy atom. The van der Waals surface area contributed by atoms with Crippen LogP contribution in [0.4, 0.5) is 0 Å². The molecule has 0 aromatic carbocycles. The third-order valence-electron chi connectivity index (χ3n) is 2.51. The standard InChI is InChI=1S/C7H18O2SSi/c1-7(2,3)11(4,5)6-10(8)9/h6H2,1-5H3,(H,8,9). The van der Waals surface area contributed by atoms with Crippen LogP contribution in [-0.2, 0) is 11.1 Å². The van der Waals surface area contributed by atoms with Crippen molar-refractivity contribution in [2.45, 2.75) is 38.9 Å². The second-order valence-electron chi connectivity index (χ2n) is 4.60. The van der Waals surface area contributed by atoms with Crippen molar-refractivity contribution in [3.8, 4) is 0 Å². The molecule has 0 aliphatic heterocycles. The summed E-state index contributed by atoms with van der Waals surface area (Å²) in [6.07, 6.45) is 0. The Balaban J connectivity index is 4.34. The lowest BCUT2D eigenvalue weighted by Gasteiger charge is -2.35. The Bertz CT molecular complexity index is 160. The molecule has 0 bridgehead atoms. The second kappa shape index (κ2) is 3.37. The smallest absolute Gasteiger partial charge is 0.149 e. The van der Waals surface area contributed by atoms with Crippen LogP contribution in [0.2, 0.25) is 18.1 Å². The molecule has 0 aliphatic carbocycles. The van der Waals surface area contributed by atoms with Gasteiger partial charge in [0.2, 0.25) is 0 Å². The molecule has 1 unspecified atom stereocenters. The van der Waals surface area contributed by atoms with E-state index in [1.165, 1.54) is 0 Å². The molecule has 68 valence electrons. The van der Waals surface area contributed by atoms with Gasteiger partial charge in [0.1, 0.15) is 11.1 Å². The van der Waals surface area contributed by atoms with Crippen LogP contribution in [0.5, 0.6) is 0 Å². The Morgan fingerprint density at radius 1 is 1.36 bits per heavy atom. The minimum Gasteiger partial charge on any atom is -0.306 e. The first-order valence-corrected chi connectivity index (χ1v) is 8.22. The predicted octanol–water partition coefficient (Wildman–Crippen LogP) is 2.26. The van der Waals surface area contributed by atoms with Gasteiger partial charge in [-0.15, -0.1) is 0 Å². The number of hydrogen-bond donors (Lipinski definition) is 1. The van der Waals surface area contributed by atoms with Crippen LogP contribution in [0.15, 0.2) is 0 Å². The molecule has 0 rings (SSSR count). The van der Waals surface area contributed by atoms with E-state index in [2.05, 4.69) is 33.9 Å². The van der Waals surface area contributed by atoms with Crippen molar-refractivity contribution in [3.05, 3.63) is 0 Å². The average Bonchev–Trinajstić information content (AvgIpc) is 1.56. The van der Waals surface area contributed by atoms with Crippen LogP contribution in [0.25, 0.3) is 0 Å². The molecule has 0 aromatic rings. The summed E-state index contributed by atoms with van der Waals surface area (Å²) in [6, 6.07) is 0. The highest BCUT2D eigenvalue weighted by atomic mass is 32.2. The van der Waals surface area contributed by atoms with E-state index >= 15 is 0 Å². The normalized spacial score (nSPS) is 16.5. The van der Waals surface area contributed by atoms with E-state index in [0.717, 1.165) is 0 Å². The van der Waals surface area contributed by atoms with Gasteiger partial charge in [-0.05, 0) is 5.04 Å². The molecular formula is C7H18O2SSi. The molecular weight excluding hydrogens is 176 g/mol. The molecule has 1 atom stereocenters. The van der Waals surface area contributed by atoms with Gasteiger partial charge < -0.3 is 4.55 Å². The summed E-state index contributed by atoms with van der Waals surface area (Å²) in [5.41, 5.74) is 0. The van der Waals surface area contributed by atoms with Gasteiger partial charge >= 0.3 is 0 Å². The van der Waals surface area contributed by atoms with Gasteiger partial charge in [-0.25, -0.2) is 4.21 Å². The Hall–Kier alpha value is 0.327. The zero-order valence-electron chi connectivity index (χ0n) is 7.97. The predicted molar refractivity (Wildman–Crippen MR) is 52.8 cm³/mol. The molecule has 2 nitrogen and oxygen atoms in total. The highest BCUT2D eigenvalue weighted by Gasteiger charge is 2.36. The largest absolute Gasteiger partial charge is 0.306 e. The van der Waals surface area contributed by atoms with Gasteiger partial charge in [-0.2, -0.15) is 0 Å². The zero-order valence-corrected chi connectivity index (χ0v) is 9.79. The van der Waals surface area contributed by atoms with Gasteiger partial charge in [0.15, 0.2) is 0 Å². The fourth-order valence-corrected chi connectivity index (χ4v) is 4.73. The second-order valence-corrected chi connectivity index (χ2v) is 11.7. The van der Waals surface area contributed by atoms with Gasteiger partial charge in [-0.1, -0.05) is 33.9 Å². The van der Waals surface area contributed by atoms with E-state index in [1.807, 2.05) is 0 Å². The molecule has 0 aliphatic rings. The minimum atomic E-state index is -1.62. The third kappa shape index (κ3) is 3.49. The molecule has 0 amide bonds. The highest BCUT2D eigenvalue weighted by Crippen LogP contribution is 2.35. The van der Waals surface area contributed by atoms with Gasteiger partial charge in [0.05, 0.1) is 8.07 Å². The van der Waals surface area contributed by atoms with Gasteiger partial charge in [0.25, 0.3) is 0 Å². The molecule has 0 fully saturated rings. The topological polar surface area (TPSA) is 37.3 Å². The van der Waals surface area contributed by atoms with Gasteiger partial charge in [0, 0.05) is 5.38 Å². The van der Waals surface area contributed by atoms with Gasteiger partial charge in [-0.3, -0.25) is 0 Å². The van der Waals surface area contributed by atoms with Crippen LogP contribution in [-0.4, -0.2) is 22.2 Å². The summed E-state index contributed by atoms with van der Waals surface area (Å²) in [7, 11) is -1.52. The van der Waals surface area contributed by atoms with Crippen LogP contribution < -0.4 is 0 Å². The average molecular weight is 194 g/mol. The number of rotatable bonds is 2. The van der Waals surface area contributed by atoms with E-state index in [4.69, 9.17) is 4.55 Å². The van der Waals surface area contributed by atoms with Crippen molar-refractivity contribution >= 4 is 19.2 Å². The van der Waals surface area contributed by atoms with E-state index in [0.29, 0.717) is 5.38 Å². The molecule has 4 heteroatoms. The van der Waals surface area contributed by atoms with Crippen LogP contribution in [0.3, 0.4) is 0 Å². The molecule has 0 spiro atoms. The van der Waals surface area contributed by atoms with E-state index < -0.39 is 19.2 Å². The first-order chi connectivity index (χ1) is 4.67. The van der Waals surface area contributed by atoms with E-state index in [1.54, 1.807) is 0 Å². The van der Waals surface area contributed by atoms with E-state index in [-0.39, 0.29) is 5.04 Å². The molecule has 0 saturated carbocycles. The SMILES string of the molecule is CC(C)(C)[Si](C)(C)CS(=O)O. The quantitative estimate of drug-likeness (QED) is 0.541. The fourth-order valence-electron chi connectivity index (χ4n) is 0.525. The maximum Gasteiger partial charge on any atom is 0.149 e. The van der Waals surface area contributed by atoms with Crippen LogP contribution in [0.1, 0.15) is 20.8 Å². The third-order valence-corrected chi connectivity index (χ3v) is 10.4. The van der Waals surface area contributed by atoms with Crippen molar-refractivity contribution in [3.63, 3.8) is 0 Å². The van der Waals surface area contributed by atoms with E-state index in [9.17, 15) is 4.21 Å². The summed E-state index contributed by atoms with van der Waals surface area (Å²) < 4.78 is 19.4. The van der Waals surface area contributed by atoms with Crippen molar-refractivity contribution in [2.24, 2.45) is 0 Å². The van der Waals surface area contributed by atoms with Crippen LogP contribution in [0, 0.1) is 0 Å². The molecule has 0 saturated heterocycles. The van der Waals surface area contributed by atoms with Crippen molar-refractivity contribution in [2.75, 3.05) is 5.38 Å². The summed E-state index contributed by atoms with van der Waals surface area (Å²) in [5, 5.41) is 0.696. The lowest BCUT2D eigenvalue weighted by atomic mass is 10.2. The summed E-state index contributed by atoms with van der Waals surface area (Å²) in [4.78, 5) is 0. The van der Waals surface area contributed by atoms with Crippen molar-refractivity contribution in [1.82, 2.24) is 0 Å². The highest BCUT2D eigenvalue weighted by molar-refractivity contribution is 7.81. The maximum absolute atomic E-state index is 10.6. The monoisotopic (exact) mass is 194 g/mol. The van der Waals surface area contributed by atoms with Crippen molar-refractivity contribution in [1.29, 1.82) is 0 Å². The zero-order chi connectivity index (χ0) is 9.28. The Kier molecular flexibility index (Phi) is 3.47. The molecule has 11 heavy (non-hydrogen) atoms. The lowest BCUT2D eigenvalue weighted by molar-refractivity contribution is 0.567. The minimum absolute atomic E-state index is 0.214. The first kappa shape index (κ1) is 11.3. The maximum atomic E-state index is 10.6. The summed E-state index contributed by atoms with van der Waals surface area (Å²) >= 11 is -1.62. The van der Waals surface area contributed by atoms with Crippen LogP contribution >= 0.6 is 0 Å². The Labute approximate surface area is 72.7 Å². The lowest BCUT2D eigenvalue weighted by Crippen LogP contribution is -2.42. The number of hydrogen-bond acceptors (Lipinski definition) is 1.